The molecule has 38 heavy (non-hydrogen) atoms. The van der Waals surface area contributed by atoms with Gasteiger partial charge in [-0.1, -0.05) is 55.3 Å². The highest BCUT2D eigenvalue weighted by atomic mass is 16.5. The first kappa shape index (κ1) is 26.0. The minimum absolute atomic E-state index is 0.285. The van der Waals surface area contributed by atoms with Gasteiger partial charge in [-0.2, -0.15) is 0 Å². The summed E-state index contributed by atoms with van der Waals surface area (Å²) in [7, 11) is 1.69. The van der Waals surface area contributed by atoms with Gasteiger partial charge in [0, 0.05) is 18.5 Å². The summed E-state index contributed by atoms with van der Waals surface area (Å²) >= 11 is 0. The third kappa shape index (κ3) is 5.76. The van der Waals surface area contributed by atoms with Gasteiger partial charge in [-0.05, 0) is 91.7 Å². The van der Waals surface area contributed by atoms with Crippen molar-refractivity contribution < 1.29 is 14.3 Å². The largest absolute Gasteiger partial charge is 0.496 e. The van der Waals surface area contributed by atoms with E-state index >= 15 is 0 Å². The number of rotatable bonds is 6. The maximum Gasteiger partial charge on any atom is 0.277 e. The Balaban J connectivity index is 1.38. The van der Waals surface area contributed by atoms with Crippen molar-refractivity contribution in [3.05, 3.63) is 83.9 Å². The van der Waals surface area contributed by atoms with E-state index in [0.29, 0.717) is 17.2 Å². The molecule has 6 nitrogen and oxygen atoms in total. The Morgan fingerprint density at radius 2 is 1.53 bits per heavy atom. The minimum Gasteiger partial charge on any atom is -0.496 e. The molecule has 1 aliphatic heterocycles. The van der Waals surface area contributed by atoms with Gasteiger partial charge in [0.25, 0.3) is 5.91 Å². The Bertz CT molecular complexity index is 1240. The van der Waals surface area contributed by atoms with Crippen LogP contribution in [0.1, 0.15) is 67.3 Å². The Labute approximate surface area is 225 Å². The molecule has 1 aliphatic carbocycles. The van der Waals surface area contributed by atoms with Crippen LogP contribution in [0.2, 0.25) is 0 Å². The standard InChI is InChI=1S/C32H37N3O3/c1-23(36)33-35(32(37)27-14-12-25(13-15-27)24-8-4-3-5-9-24)29-16-17-31(38-2)30(22-29)26-18-20-34(21-19-26)28-10-6-7-11-28/h3-5,8-9,12-17,22,26,28H,6-7,10-11,18-21H2,1-2H3,(H,33,36). The number of hydrogen-bond acceptors (Lipinski definition) is 4. The van der Waals surface area contributed by atoms with Gasteiger partial charge in [-0.3, -0.25) is 15.0 Å². The lowest BCUT2D eigenvalue weighted by atomic mass is 9.87. The molecule has 6 heteroatoms. The first-order valence-electron chi connectivity index (χ1n) is 13.7. The lowest BCUT2D eigenvalue weighted by Crippen LogP contribution is -2.45. The van der Waals surface area contributed by atoms with Crippen molar-refractivity contribution in [2.75, 3.05) is 25.2 Å². The number of ether oxygens (including phenoxy) is 1. The van der Waals surface area contributed by atoms with Crippen LogP contribution in [0.4, 0.5) is 5.69 Å². The molecular weight excluding hydrogens is 474 g/mol. The van der Waals surface area contributed by atoms with Crippen molar-refractivity contribution in [2.45, 2.75) is 57.4 Å². The third-order valence-corrected chi connectivity index (χ3v) is 7.99. The topological polar surface area (TPSA) is 61.9 Å². The normalized spacial score (nSPS) is 16.8. The molecule has 5 rings (SSSR count). The zero-order valence-electron chi connectivity index (χ0n) is 22.4. The number of carbonyl (C=O) groups is 2. The van der Waals surface area contributed by atoms with Crippen LogP contribution in [0.5, 0.6) is 5.75 Å². The SMILES string of the molecule is COc1ccc(N(NC(C)=O)C(=O)c2ccc(-c3ccccc3)cc2)cc1C1CCN(C2CCCC2)CC1. The molecule has 198 valence electrons. The van der Waals surface area contributed by atoms with E-state index in [4.69, 9.17) is 4.74 Å². The molecule has 1 saturated heterocycles. The molecule has 2 fully saturated rings. The van der Waals surface area contributed by atoms with Gasteiger partial charge in [0.15, 0.2) is 0 Å². The molecule has 1 saturated carbocycles. The van der Waals surface area contributed by atoms with Crippen molar-refractivity contribution in [3.8, 4) is 16.9 Å². The highest BCUT2D eigenvalue weighted by molar-refractivity contribution is 6.07. The smallest absolute Gasteiger partial charge is 0.277 e. The van der Waals surface area contributed by atoms with Gasteiger partial charge in [-0.15, -0.1) is 0 Å². The average Bonchev–Trinajstić information content (AvgIpc) is 3.51. The highest BCUT2D eigenvalue weighted by Crippen LogP contribution is 2.38. The summed E-state index contributed by atoms with van der Waals surface area (Å²) in [4.78, 5) is 28.4. The number of nitrogens with zero attached hydrogens (tertiary/aromatic N) is 2. The fourth-order valence-electron chi connectivity index (χ4n) is 5.98. The lowest BCUT2D eigenvalue weighted by Gasteiger charge is -2.36. The van der Waals surface area contributed by atoms with Gasteiger partial charge >= 0.3 is 0 Å². The van der Waals surface area contributed by atoms with Crippen LogP contribution in [0.15, 0.2) is 72.8 Å². The van der Waals surface area contributed by atoms with E-state index in [2.05, 4.69) is 10.3 Å². The highest BCUT2D eigenvalue weighted by Gasteiger charge is 2.30. The number of anilines is 1. The minimum atomic E-state index is -0.304. The fraction of sp³-hybridized carbons (Fsp3) is 0.375. The van der Waals surface area contributed by atoms with E-state index < -0.39 is 0 Å². The molecule has 0 spiro atoms. The van der Waals surface area contributed by atoms with Crippen molar-refractivity contribution in [1.29, 1.82) is 0 Å². The fourth-order valence-corrected chi connectivity index (χ4v) is 5.98. The van der Waals surface area contributed by atoms with E-state index in [1.807, 2.05) is 72.8 Å². The quantitative estimate of drug-likeness (QED) is 0.401. The van der Waals surface area contributed by atoms with Crippen LogP contribution in [-0.2, 0) is 4.79 Å². The molecule has 2 aliphatic rings. The Morgan fingerprint density at radius 1 is 0.868 bits per heavy atom. The van der Waals surface area contributed by atoms with E-state index in [-0.39, 0.29) is 11.8 Å². The summed E-state index contributed by atoms with van der Waals surface area (Å²) in [5.41, 5.74) is 7.09. The van der Waals surface area contributed by atoms with Gasteiger partial charge in [-0.25, -0.2) is 5.01 Å². The number of methoxy groups -OCH3 is 1. The number of nitrogens with one attached hydrogen (secondary N) is 1. The number of hydrazine groups is 1. The van der Waals surface area contributed by atoms with Crippen LogP contribution in [-0.4, -0.2) is 43.0 Å². The summed E-state index contributed by atoms with van der Waals surface area (Å²) in [6.45, 7) is 3.59. The molecule has 1 heterocycles. The van der Waals surface area contributed by atoms with E-state index in [0.717, 1.165) is 54.4 Å². The first-order valence-corrected chi connectivity index (χ1v) is 13.7. The molecule has 3 aromatic carbocycles. The van der Waals surface area contributed by atoms with Gasteiger partial charge in [0.2, 0.25) is 5.91 Å². The zero-order valence-corrected chi connectivity index (χ0v) is 22.4. The predicted molar refractivity (Wildman–Crippen MR) is 151 cm³/mol. The van der Waals surface area contributed by atoms with E-state index in [1.165, 1.54) is 37.6 Å². The Morgan fingerprint density at radius 3 is 2.16 bits per heavy atom. The molecule has 0 bridgehead atoms. The molecule has 0 radical (unpaired) electrons. The number of benzene rings is 3. The Kier molecular flexibility index (Phi) is 8.08. The number of hydrogen-bond donors (Lipinski definition) is 1. The third-order valence-electron chi connectivity index (χ3n) is 7.99. The Hall–Kier alpha value is -3.64. The molecular formula is C32H37N3O3. The van der Waals surface area contributed by atoms with Crippen molar-refractivity contribution >= 4 is 17.5 Å². The molecule has 0 unspecified atom stereocenters. The summed E-state index contributed by atoms with van der Waals surface area (Å²) in [6.07, 6.45) is 7.47. The number of piperidine rings is 1. The van der Waals surface area contributed by atoms with Crippen LogP contribution < -0.4 is 15.2 Å². The molecule has 0 atom stereocenters. The molecule has 1 N–H and O–H groups in total. The number of amides is 2. The monoisotopic (exact) mass is 511 g/mol. The van der Waals surface area contributed by atoms with Gasteiger partial charge < -0.3 is 9.64 Å². The van der Waals surface area contributed by atoms with Crippen LogP contribution >= 0.6 is 0 Å². The van der Waals surface area contributed by atoms with Crippen molar-refractivity contribution in [1.82, 2.24) is 10.3 Å². The van der Waals surface area contributed by atoms with Crippen molar-refractivity contribution in [3.63, 3.8) is 0 Å². The average molecular weight is 512 g/mol. The number of likely N-dealkylation sites (tertiary alicyclic amines) is 1. The lowest BCUT2D eigenvalue weighted by molar-refractivity contribution is -0.119. The van der Waals surface area contributed by atoms with Crippen LogP contribution in [0.25, 0.3) is 11.1 Å². The second kappa shape index (κ2) is 11.8. The van der Waals surface area contributed by atoms with E-state index in [9.17, 15) is 9.59 Å². The number of carbonyl (C=O) groups excluding carboxylic acids is 2. The maximum absolute atomic E-state index is 13.6. The zero-order chi connectivity index (χ0) is 26.5. The molecule has 2 amide bonds. The van der Waals surface area contributed by atoms with Crippen LogP contribution in [0, 0.1) is 0 Å². The predicted octanol–water partition coefficient (Wildman–Crippen LogP) is 6.18. The van der Waals surface area contributed by atoms with Crippen LogP contribution in [0.3, 0.4) is 0 Å². The summed E-state index contributed by atoms with van der Waals surface area (Å²) < 4.78 is 5.74. The molecule has 3 aromatic rings. The second-order valence-corrected chi connectivity index (χ2v) is 10.4. The summed E-state index contributed by atoms with van der Waals surface area (Å²) in [6, 6.07) is 24.0. The van der Waals surface area contributed by atoms with Crippen molar-refractivity contribution in [2.24, 2.45) is 0 Å². The maximum atomic E-state index is 13.6. The van der Waals surface area contributed by atoms with Gasteiger partial charge in [0.05, 0.1) is 12.8 Å². The summed E-state index contributed by atoms with van der Waals surface area (Å²) in [5, 5.41) is 1.36. The first-order chi connectivity index (χ1) is 18.5. The summed E-state index contributed by atoms with van der Waals surface area (Å²) in [5.74, 6) is 0.589. The van der Waals surface area contributed by atoms with E-state index in [1.54, 1.807) is 7.11 Å². The van der Waals surface area contributed by atoms with Gasteiger partial charge in [0.1, 0.15) is 5.75 Å². The second-order valence-electron chi connectivity index (χ2n) is 10.4. The molecule has 0 aromatic heterocycles.